The Bertz CT molecular complexity index is 124. The Kier molecular flexibility index (Phi) is 2.37. The maximum absolute atomic E-state index is 10.7. The van der Waals surface area contributed by atoms with Crippen molar-refractivity contribution in [2.75, 3.05) is 0 Å². The van der Waals surface area contributed by atoms with E-state index in [4.69, 9.17) is 0 Å². The van der Waals surface area contributed by atoms with Gasteiger partial charge in [0.2, 0.25) is 5.91 Å². The van der Waals surface area contributed by atoms with Crippen LogP contribution < -0.4 is 5.32 Å². The monoisotopic (exact) mass is 128 g/mol. The molecule has 0 aliphatic rings. The Morgan fingerprint density at radius 3 is 2.00 bits per heavy atom. The number of hydrogen-bond donors (Lipinski definition) is 1. The van der Waals surface area contributed by atoms with Gasteiger partial charge >= 0.3 is 6.41 Å². The van der Waals surface area contributed by atoms with Crippen molar-refractivity contribution < 1.29 is 9.59 Å². The van der Waals surface area contributed by atoms with Crippen LogP contribution in [0, 0.1) is 5.41 Å². The van der Waals surface area contributed by atoms with E-state index in [9.17, 15) is 9.59 Å². The van der Waals surface area contributed by atoms with Gasteiger partial charge in [-0.2, -0.15) is 0 Å². The number of hydrogen-bond acceptors (Lipinski definition) is 2. The van der Waals surface area contributed by atoms with E-state index in [1.165, 1.54) is 6.41 Å². The summed E-state index contributed by atoms with van der Waals surface area (Å²) in [5.74, 6) is -0.308. The lowest BCUT2D eigenvalue weighted by molar-refractivity contribution is -0.126. The first-order chi connectivity index (χ1) is 3.98. The third-order valence-corrected chi connectivity index (χ3v) is 0.846. The van der Waals surface area contributed by atoms with E-state index in [0.29, 0.717) is 0 Å². The minimum atomic E-state index is -0.503. The average Bonchev–Trinajstić information content (AvgIpc) is 1.64. The lowest BCUT2D eigenvalue weighted by Gasteiger charge is -2.13. The fourth-order valence-electron chi connectivity index (χ4n) is 0.234. The van der Waals surface area contributed by atoms with Gasteiger partial charge in [-0.3, -0.25) is 14.9 Å². The molecule has 3 heteroatoms. The predicted octanol–water partition coefficient (Wildman–Crippen LogP) is 0.216. The minimum Gasteiger partial charge on any atom is -0.288 e. The molecule has 0 heterocycles. The largest absolute Gasteiger partial charge is 0.316 e. The van der Waals surface area contributed by atoms with Crippen LogP contribution in [0.2, 0.25) is 0 Å². The zero-order valence-electron chi connectivity index (χ0n) is 5.82. The van der Waals surface area contributed by atoms with Gasteiger partial charge in [-0.25, -0.2) is 0 Å². The molecule has 0 rings (SSSR count). The van der Waals surface area contributed by atoms with Gasteiger partial charge in [-0.15, -0.1) is 0 Å². The highest BCUT2D eigenvalue weighted by Gasteiger charge is 2.20. The summed E-state index contributed by atoms with van der Waals surface area (Å²) in [6.45, 7) is 5.17. The summed E-state index contributed by atoms with van der Waals surface area (Å²) in [4.78, 5) is 20.3. The topological polar surface area (TPSA) is 46.2 Å². The Labute approximate surface area is 54.4 Å². The maximum Gasteiger partial charge on any atom is 0.316 e. The fourth-order valence-corrected chi connectivity index (χ4v) is 0.234. The predicted molar refractivity (Wildman–Crippen MR) is 33.3 cm³/mol. The van der Waals surface area contributed by atoms with Crippen LogP contribution in [0.25, 0.3) is 0 Å². The molecule has 0 unspecified atom stereocenters. The van der Waals surface area contributed by atoms with Crippen molar-refractivity contribution in [3.05, 3.63) is 0 Å². The third-order valence-electron chi connectivity index (χ3n) is 0.846. The molecule has 0 aromatic carbocycles. The molecule has 0 bridgehead atoms. The molecule has 1 radical (unpaired) electrons. The average molecular weight is 128 g/mol. The van der Waals surface area contributed by atoms with Crippen molar-refractivity contribution >= 4 is 12.3 Å². The lowest BCUT2D eigenvalue weighted by atomic mass is 9.96. The van der Waals surface area contributed by atoms with Gasteiger partial charge in [0.1, 0.15) is 0 Å². The zero-order valence-corrected chi connectivity index (χ0v) is 5.82. The first-order valence-corrected chi connectivity index (χ1v) is 2.66. The van der Waals surface area contributed by atoms with Crippen molar-refractivity contribution in [2.24, 2.45) is 5.41 Å². The lowest BCUT2D eigenvalue weighted by Crippen LogP contribution is -2.33. The van der Waals surface area contributed by atoms with E-state index >= 15 is 0 Å². The molecule has 0 saturated carbocycles. The molecule has 0 spiro atoms. The summed E-state index contributed by atoms with van der Waals surface area (Å²) in [6, 6.07) is 0. The van der Waals surface area contributed by atoms with Crippen molar-refractivity contribution in [1.82, 2.24) is 5.32 Å². The SMILES string of the molecule is CC(C)(C)C(=O)N[C]=O. The molecule has 0 aromatic rings. The Morgan fingerprint density at radius 1 is 1.44 bits per heavy atom. The number of rotatable bonds is 1. The van der Waals surface area contributed by atoms with Crippen molar-refractivity contribution in [2.45, 2.75) is 20.8 Å². The number of carbonyl (C=O) groups is 1. The number of carbonyl (C=O) groups excluding carboxylic acids is 2. The molecule has 51 valence electrons. The van der Waals surface area contributed by atoms with Gasteiger partial charge in [0.05, 0.1) is 0 Å². The van der Waals surface area contributed by atoms with Crippen LogP contribution in [0.5, 0.6) is 0 Å². The van der Waals surface area contributed by atoms with Crippen molar-refractivity contribution in [3.8, 4) is 0 Å². The summed E-state index contributed by atoms with van der Waals surface area (Å²) >= 11 is 0. The van der Waals surface area contributed by atoms with Crippen LogP contribution in [0.4, 0.5) is 0 Å². The van der Waals surface area contributed by atoms with Crippen molar-refractivity contribution in [1.29, 1.82) is 0 Å². The molecule has 1 N–H and O–H groups in total. The fraction of sp³-hybridized carbons (Fsp3) is 0.667. The highest BCUT2D eigenvalue weighted by Crippen LogP contribution is 2.11. The maximum atomic E-state index is 10.7. The Balaban J connectivity index is 3.88. The smallest absolute Gasteiger partial charge is 0.288 e. The number of amides is 2. The molecule has 3 nitrogen and oxygen atoms in total. The van der Waals surface area contributed by atoms with E-state index in [1.54, 1.807) is 20.8 Å². The molecule has 2 amide bonds. The third kappa shape index (κ3) is 2.85. The minimum absolute atomic E-state index is 0.308. The molecule has 0 aromatic heterocycles. The normalized spacial score (nSPS) is 10.6. The van der Waals surface area contributed by atoms with Gasteiger partial charge in [-0.1, -0.05) is 20.8 Å². The van der Waals surface area contributed by atoms with Crippen LogP contribution in [0.15, 0.2) is 0 Å². The van der Waals surface area contributed by atoms with Gasteiger partial charge in [-0.05, 0) is 0 Å². The Morgan fingerprint density at radius 2 is 1.89 bits per heavy atom. The number of nitrogens with one attached hydrogen (secondary N) is 1. The van der Waals surface area contributed by atoms with Crippen LogP contribution >= 0.6 is 0 Å². The van der Waals surface area contributed by atoms with E-state index < -0.39 is 5.41 Å². The first kappa shape index (κ1) is 8.14. The second kappa shape index (κ2) is 2.62. The Hall–Kier alpha value is -0.860. The van der Waals surface area contributed by atoms with Crippen LogP contribution in [0.3, 0.4) is 0 Å². The second-order valence-corrected chi connectivity index (χ2v) is 2.81. The molecule has 0 atom stereocenters. The molecule has 0 aliphatic heterocycles. The highest BCUT2D eigenvalue weighted by atomic mass is 16.2. The van der Waals surface area contributed by atoms with Crippen LogP contribution in [-0.4, -0.2) is 12.3 Å². The van der Waals surface area contributed by atoms with Crippen LogP contribution in [-0.2, 0) is 9.59 Å². The molecule has 9 heavy (non-hydrogen) atoms. The molecule has 0 fully saturated rings. The zero-order chi connectivity index (χ0) is 7.49. The number of imide groups is 1. The molecule has 0 aliphatic carbocycles. The van der Waals surface area contributed by atoms with Crippen molar-refractivity contribution in [3.63, 3.8) is 0 Å². The van der Waals surface area contributed by atoms with E-state index in [0.717, 1.165) is 0 Å². The van der Waals surface area contributed by atoms with Gasteiger partial charge in [0, 0.05) is 5.41 Å². The molecule has 0 saturated heterocycles. The van der Waals surface area contributed by atoms with Gasteiger partial charge in [0.25, 0.3) is 0 Å². The summed E-state index contributed by atoms with van der Waals surface area (Å²) < 4.78 is 0. The van der Waals surface area contributed by atoms with E-state index in [-0.39, 0.29) is 5.91 Å². The highest BCUT2D eigenvalue weighted by molar-refractivity contribution is 5.89. The van der Waals surface area contributed by atoms with E-state index in [2.05, 4.69) is 0 Å². The standard InChI is InChI=1S/C6H10NO2/c1-6(2,3)5(9)7-4-8/h1-3H3,(H,7,8,9). The summed E-state index contributed by atoms with van der Waals surface area (Å²) in [5, 5.41) is 1.94. The van der Waals surface area contributed by atoms with Crippen LogP contribution in [0.1, 0.15) is 20.8 Å². The molecular formula is C6H10NO2. The molecular weight excluding hydrogens is 118 g/mol. The summed E-state index contributed by atoms with van der Waals surface area (Å²) in [7, 11) is 0. The van der Waals surface area contributed by atoms with E-state index in [1.807, 2.05) is 5.32 Å². The van der Waals surface area contributed by atoms with Gasteiger partial charge < -0.3 is 0 Å². The first-order valence-electron chi connectivity index (χ1n) is 2.66. The summed E-state index contributed by atoms with van der Waals surface area (Å²) in [6.07, 6.45) is 1.32. The second-order valence-electron chi connectivity index (χ2n) is 2.81. The van der Waals surface area contributed by atoms with Gasteiger partial charge in [0.15, 0.2) is 0 Å². The quantitative estimate of drug-likeness (QED) is 0.513. The summed E-state index contributed by atoms with van der Waals surface area (Å²) in [5.41, 5.74) is -0.503.